The van der Waals surface area contributed by atoms with Crippen LogP contribution in [-0.4, -0.2) is 27.6 Å². The first kappa shape index (κ1) is 15.0. The standard InChI is InChI=1S/C13H17NO5S/c1-18-13(15)10-6-8-12(9-7-10)20(16,17)14-19-11-4-2-3-5-11/h6-9,11,14H,2-5H2,1H3. The van der Waals surface area contributed by atoms with E-state index in [0.717, 1.165) is 25.7 Å². The summed E-state index contributed by atoms with van der Waals surface area (Å²) in [5.41, 5.74) is 0.295. The van der Waals surface area contributed by atoms with Gasteiger partial charge in [-0.3, -0.25) is 4.84 Å². The van der Waals surface area contributed by atoms with Crippen LogP contribution in [-0.2, 0) is 19.6 Å². The Kier molecular flexibility index (Phi) is 4.74. The van der Waals surface area contributed by atoms with Crippen molar-refractivity contribution in [2.24, 2.45) is 0 Å². The number of hydrogen-bond acceptors (Lipinski definition) is 5. The molecule has 0 radical (unpaired) electrons. The molecular weight excluding hydrogens is 282 g/mol. The van der Waals surface area contributed by atoms with Gasteiger partial charge in [0.1, 0.15) is 0 Å². The fourth-order valence-electron chi connectivity index (χ4n) is 2.07. The highest BCUT2D eigenvalue weighted by molar-refractivity contribution is 7.89. The summed E-state index contributed by atoms with van der Waals surface area (Å²) in [6, 6.07) is 5.48. The molecule has 6 nitrogen and oxygen atoms in total. The molecule has 0 unspecified atom stereocenters. The van der Waals surface area contributed by atoms with Crippen LogP contribution in [0.2, 0.25) is 0 Å². The third-order valence-corrected chi connectivity index (χ3v) is 4.42. The quantitative estimate of drug-likeness (QED) is 0.660. The van der Waals surface area contributed by atoms with Gasteiger partial charge in [-0.2, -0.15) is 0 Å². The lowest BCUT2D eigenvalue weighted by Gasteiger charge is -2.12. The van der Waals surface area contributed by atoms with Crippen LogP contribution in [0.4, 0.5) is 0 Å². The third kappa shape index (κ3) is 3.56. The van der Waals surface area contributed by atoms with E-state index in [1.54, 1.807) is 0 Å². The van der Waals surface area contributed by atoms with Crippen LogP contribution in [0.5, 0.6) is 0 Å². The Morgan fingerprint density at radius 2 is 1.80 bits per heavy atom. The van der Waals surface area contributed by atoms with E-state index in [9.17, 15) is 13.2 Å². The van der Waals surface area contributed by atoms with Crippen molar-refractivity contribution in [1.82, 2.24) is 4.89 Å². The van der Waals surface area contributed by atoms with Gasteiger partial charge in [0.05, 0.1) is 23.7 Å². The van der Waals surface area contributed by atoms with Crippen molar-refractivity contribution in [3.63, 3.8) is 0 Å². The van der Waals surface area contributed by atoms with Gasteiger partial charge in [0.2, 0.25) is 0 Å². The second kappa shape index (κ2) is 6.34. The van der Waals surface area contributed by atoms with Crippen LogP contribution in [0.1, 0.15) is 36.0 Å². The third-order valence-electron chi connectivity index (χ3n) is 3.21. The van der Waals surface area contributed by atoms with E-state index < -0.39 is 16.0 Å². The number of ether oxygens (including phenoxy) is 1. The largest absolute Gasteiger partial charge is 0.465 e. The van der Waals surface area contributed by atoms with Crippen LogP contribution < -0.4 is 4.89 Å². The van der Waals surface area contributed by atoms with Crippen LogP contribution >= 0.6 is 0 Å². The highest BCUT2D eigenvalue weighted by Gasteiger charge is 2.20. The van der Waals surface area contributed by atoms with E-state index in [0.29, 0.717) is 5.56 Å². The van der Waals surface area contributed by atoms with E-state index in [1.165, 1.54) is 31.4 Å². The fraction of sp³-hybridized carbons (Fsp3) is 0.462. The number of methoxy groups -OCH3 is 1. The summed E-state index contributed by atoms with van der Waals surface area (Å²) in [6.45, 7) is 0. The molecule has 0 saturated heterocycles. The molecule has 0 atom stereocenters. The number of carbonyl (C=O) groups is 1. The van der Waals surface area contributed by atoms with Gasteiger partial charge in [-0.15, -0.1) is 0 Å². The summed E-state index contributed by atoms with van der Waals surface area (Å²) in [7, 11) is -2.45. The molecule has 7 heteroatoms. The van der Waals surface area contributed by atoms with Crippen molar-refractivity contribution in [1.29, 1.82) is 0 Å². The molecule has 110 valence electrons. The van der Waals surface area contributed by atoms with Gasteiger partial charge in [-0.25, -0.2) is 13.2 Å². The minimum Gasteiger partial charge on any atom is -0.465 e. The molecule has 1 saturated carbocycles. The Morgan fingerprint density at radius 3 is 2.35 bits per heavy atom. The number of rotatable bonds is 5. The van der Waals surface area contributed by atoms with E-state index in [4.69, 9.17) is 4.84 Å². The maximum absolute atomic E-state index is 12.0. The van der Waals surface area contributed by atoms with Gasteiger partial charge in [-0.1, -0.05) is 17.7 Å². The van der Waals surface area contributed by atoms with Gasteiger partial charge in [-0.05, 0) is 37.1 Å². The second-order valence-electron chi connectivity index (χ2n) is 4.63. The van der Waals surface area contributed by atoms with Crippen molar-refractivity contribution in [3.05, 3.63) is 29.8 Å². The number of hydrogen-bond donors (Lipinski definition) is 1. The Balaban J connectivity index is 2.03. The number of nitrogens with one attached hydrogen (secondary N) is 1. The Morgan fingerprint density at radius 1 is 1.20 bits per heavy atom. The van der Waals surface area contributed by atoms with Gasteiger partial charge >= 0.3 is 5.97 Å². The molecule has 0 spiro atoms. The molecule has 0 amide bonds. The number of carbonyl (C=O) groups excluding carboxylic acids is 1. The minimum absolute atomic E-state index is 0.0446. The minimum atomic E-state index is -3.72. The zero-order valence-corrected chi connectivity index (χ0v) is 12.0. The van der Waals surface area contributed by atoms with Crippen LogP contribution in [0.15, 0.2) is 29.2 Å². The molecule has 0 aromatic heterocycles. The maximum atomic E-state index is 12.0. The lowest BCUT2D eigenvalue weighted by Crippen LogP contribution is -2.28. The number of sulfonamides is 1. The highest BCUT2D eigenvalue weighted by Crippen LogP contribution is 2.20. The number of esters is 1. The van der Waals surface area contributed by atoms with Gasteiger partial charge in [0.15, 0.2) is 0 Å². The predicted molar refractivity (Wildman–Crippen MR) is 71.4 cm³/mol. The van der Waals surface area contributed by atoms with E-state index in [2.05, 4.69) is 9.62 Å². The van der Waals surface area contributed by atoms with Crippen molar-refractivity contribution < 1.29 is 22.8 Å². The van der Waals surface area contributed by atoms with Crippen LogP contribution in [0.25, 0.3) is 0 Å². The van der Waals surface area contributed by atoms with Gasteiger partial charge < -0.3 is 4.74 Å². The first-order chi connectivity index (χ1) is 9.53. The van der Waals surface area contributed by atoms with E-state index in [1.807, 2.05) is 0 Å². The zero-order chi connectivity index (χ0) is 14.6. The molecule has 1 aliphatic carbocycles. The topological polar surface area (TPSA) is 81.7 Å². The molecule has 0 heterocycles. The Bertz CT molecular complexity index is 561. The first-order valence-electron chi connectivity index (χ1n) is 6.39. The lowest BCUT2D eigenvalue weighted by molar-refractivity contribution is 0.0223. The summed E-state index contributed by atoms with van der Waals surface area (Å²) in [5, 5.41) is 0. The van der Waals surface area contributed by atoms with Crippen molar-refractivity contribution in [2.75, 3.05) is 7.11 Å². The smallest absolute Gasteiger partial charge is 0.337 e. The Hall–Kier alpha value is -1.44. The van der Waals surface area contributed by atoms with Crippen molar-refractivity contribution in [3.8, 4) is 0 Å². The highest BCUT2D eigenvalue weighted by atomic mass is 32.2. The SMILES string of the molecule is COC(=O)c1ccc(S(=O)(=O)NOC2CCCC2)cc1. The summed E-state index contributed by atoms with van der Waals surface area (Å²) in [4.78, 5) is 18.6. The predicted octanol–water partition coefficient (Wildman–Crippen LogP) is 1.63. The summed E-state index contributed by atoms with van der Waals surface area (Å²) < 4.78 is 28.5. The van der Waals surface area contributed by atoms with Gasteiger partial charge in [0, 0.05) is 0 Å². The monoisotopic (exact) mass is 299 g/mol. The molecule has 0 aliphatic heterocycles. The summed E-state index contributed by atoms with van der Waals surface area (Å²) in [5.74, 6) is -0.510. The van der Waals surface area contributed by atoms with Gasteiger partial charge in [0.25, 0.3) is 10.0 Å². The van der Waals surface area contributed by atoms with Crippen LogP contribution in [0, 0.1) is 0 Å². The molecule has 1 fully saturated rings. The average molecular weight is 299 g/mol. The summed E-state index contributed by atoms with van der Waals surface area (Å²) >= 11 is 0. The Labute approximate surface area is 118 Å². The first-order valence-corrected chi connectivity index (χ1v) is 7.87. The molecule has 1 aromatic carbocycles. The van der Waals surface area contributed by atoms with Crippen molar-refractivity contribution >= 4 is 16.0 Å². The second-order valence-corrected chi connectivity index (χ2v) is 6.27. The number of benzene rings is 1. The van der Waals surface area contributed by atoms with E-state index >= 15 is 0 Å². The van der Waals surface area contributed by atoms with Crippen LogP contribution in [0.3, 0.4) is 0 Å². The normalized spacial score (nSPS) is 16.2. The maximum Gasteiger partial charge on any atom is 0.337 e. The fourth-order valence-corrected chi connectivity index (χ4v) is 2.93. The molecule has 0 bridgehead atoms. The summed E-state index contributed by atoms with van der Waals surface area (Å²) in [6.07, 6.45) is 3.78. The molecule has 1 aliphatic rings. The zero-order valence-electron chi connectivity index (χ0n) is 11.2. The van der Waals surface area contributed by atoms with E-state index in [-0.39, 0.29) is 11.0 Å². The molecule has 20 heavy (non-hydrogen) atoms. The molecule has 1 N–H and O–H groups in total. The molecular formula is C13H17NO5S. The molecule has 2 rings (SSSR count). The molecule has 1 aromatic rings. The average Bonchev–Trinajstić information content (AvgIpc) is 2.98. The lowest BCUT2D eigenvalue weighted by atomic mass is 10.2. The van der Waals surface area contributed by atoms with Crippen molar-refractivity contribution in [2.45, 2.75) is 36.7 Å².